The van der Waals surface area contributed by atoms with Crippen LogP contribution >= 0.6 is 22.6 Å². The van der Waals surface area contributed by atoms with Crippen LogP contribution < -0.4 is 0 Å². The summed E-state index contributed by atoms with van der Waals surface area (Å²) in [5.41, 5.74) is 4.62. The van der Waals surface area contributed by atoms with Gasteiger partial charge in [-0.05, 0) is 51.9 Å². The van der Waals surface area contributed by atoms with Crippen LogP contribution in [0.15, 0.2) is 72.9 Å². The fourth-order valence-electron chi connectivity index (χ4n) is 2.05. The first-order valence-electron chi connectivity index (χ1n) is 6.10. The van der Waals surface area contributed by atoms with E-state index in [-0.39, 0.29) is 0 Å². The molecule has 0 radical (unpaired) electrons. The summed E-state index contributed by atoms with van der Waals surface area (Å²) < 4.78 is 1.20. The van der Waals surface area contributed by atoms with Gasteiger partial charge in [0.2, 0.25) is 0 Å². The maximum absolute atomic E-state index is 4.44. The molecule has 3 aromatic rings. The Hall–Kier alpha value is -1.68. The van der Waals surface area contributed by atoms with E-state index in [4.69, 9.17) is 0 Å². The molecule has 1 aromatic heterocycles. The van der Waals surface area contributed by atoms with Gasteiger partial charge in [0.05, 0.1) is 5.69 Å². The second-order valence-corrected chi connectivity index (χ2v) is 5.55. The van der Waals surface area contributed by atoms with E-state index in [1.54, 1.807) is 0 Å². The molecule has 0 saturated heterocycles. The van der Waals surface area contributed by atoms with E-state index in [0.717, 1.165) is 11.3 Å². The van der Waals surface area contributed by atoms with E-state index in [0.29, 0.717) is 0 Å². The van der Waals surface area contributed by atoms with Crippen LogP contribution in [0.3, 0.4) is 0 Å². The fourth-order valence-corrected chi connectivity index (χ4v) is 2.51. The average molecular weight is 357 g/mol. The molecule has 0 bridgehead atoms. The summed E-state index contributed by atoms with van der Waals surface area (Å²) in [4.78, 5) is 4.44. The average Bonchev–Trinajstić information content (AvgIpc) is 2.48. The Bertz CT molecular complexity index is 692. The molecule has 0 atom stereocenters. The molecular formula is C17H12IN. The van der Waals surface area contributed by atoms with Crippen molar-refractivity contribution in [2.45, 2.75) is 0 Å². The lowest BCUT2D eigenvalue weighted by molar-refractivity contribution is 1.31. The fraction of sp³-hybridized carbons (Fsp3) is 0. The number of halogens is 1. The third-order valence-corrected chi connectivity index (χ3v) is 3.66. The third-order valence-electron chi connectivity index (χ3n) is 2.99. The summed E-state index contributed by atoms with van der Waals surface area (Å²) in [5, 5.41) is 0. The Kier molecular flexibility index (Phi) is 3.60. The van der Waals surface area contributed by atoms with E-state index in [2.05, 4.69) is 82.2 Å². The number of nitrogens with zero attached hydrogens (tertiary/aromatic N) is 1. The van der Waals surface area contributed by atoms with Gasteiger partial charge in [-0.3, -0.25) is 4.98 Å². The van der Waals surface area contributed by atoms with Gasteiger partial charge in [-0.25, -0.2) is 0 Å². The molecule has 0 aliphatic heterocycles. The zero-order valence-corrected chi connectivity index (χ0v) is 12.4. The lowest BCUT2D eigenvalue weighted by Crippen LogP contribution is -1.85. The molecule has 0 unspecified atom stereocenters. The van der Waals surface area contributed by atoms with Crippen LogP contribution in [0, 0.1) is 3.57 Å². The summed E-state index contributed by atoms with van der Waals surface area (Å²) in [7, 11) is 0. The van der Waals surface area contributed by atoms with Crippen LogP contribution in [0.2, 0.25) is 0 Å². The van der Waals surface area contributed by atoms with Crippen molar-refractivity contribution in [1.82, 2.24) is 4.98 Å². The molecule has 0 N–H and O–H groups in total. The van der Waals surface area contributed by atoms with E-state index < -0.39 is 0 Å². The van der Waals surface area contributed by atoms with Crippen molar-refractivity contribution in [1.29, 1.82) is 0 Å². The van der Waals surface area contributed by atoms with Gasteiger partial charge in [-0.2, -0.15) is 0 Å². The molecule has 92 valence electrons. The predicted octanol–water partition coefficient (Wildman–Crippen LogP) is 5.02. The molecule has 3 rings (SSSR count). The second-order valence-electron chi connectivity index (χ2n) is 4.31. The van der Waals surface area contributed by atoms with Crippen LogP contribution in [0.4, 0.5) is 0 Å². The molecule has 0 spiro atoms. The SMILES string of the molecule is Ic1ccnc(-c2cccc(-c3ccccc3)c2)c1. The lowest BCUT2D eigenvalue weighted by Gasteiger charge is -2.05. The van der Waals surface area contributed by atoms with Gasteiger partial charge in [0.1, 0.15) is 0 Å². The molecule has 19 heavy (non-hydrogen) atoms. The van der Waals surface area contributed by atoms with E-state index >= 15 is 0 Å². The largest absolute Gasteiger partial charge is 0.256 e. The first-order chi connectivity index (χ1) is 9.33. The molecule has 0 saturated carbocycles. The summed E-state index contributed by atoms with van der Waals surface area (Å²) in [6.45, 7) is 0. The Morgan fingerprint density at radius 1 is 0.684 bits per heavy atom. The minimum absolute atomic E-state index is 1.02. The van der Waals surface area contributed by atoms with Crippen molar-refractivity contribution in [2.75, 3.05) is 0 Å². The van der Waals surface area contributed by atoms with Crippen LogP contribution in [-0.2, 0) is 0 Å². The van der Waals surface area contributed by atoms with Crippen molar-refractivity contribution in [2.24, 2.45) is 0 Å². The Labute approximate surface area is 126 Å². The maximum atomic E-state index is 4.44. The van der Waals surface area contributed by atoms with Crippen LogP contribution in [0.25, 0.3) is 22.4 Å². The molecule has 0 fully saturated rings. The Morgan fingerprint density at radius 2 is 1.42 bits per heavy atom. The van der Waals surface area contributed by atoms with Crippen LogP contribution in [0.5, 0.6) is 0 Å². The van der Waals surface area contributed by atoms with Crippen molar-refractivity contribution in [3.05, 3.63) is 76.5 Å². The van der Waals surface area contributed by atoms with Gasteiger partial charge in [0, 0.05) is 15.3 Å². The van der Waals surface area contributed by atoms with Crippen LogP contribution in [0.1, 0.15) is 0 Å². The lowest BCUT2D eigenvalue weighted by atomic mass is 10.0. The van der Waals surface area contributed by atoms with Crippen LogP contribution in [-0.4, -0.2) is 4.98 Å². The van der Waals surface area contributed by atoms with Crippen molar-refractivity contribution >= 4 is 22.6 Å². The van der Waals surface area contributed by atoms with Gasteiger partial charge in [-0.1, -0.05) is 48.5 Å². The smallest absolute Gasteiger partial charge is 0.0712 e. The molecule has 1 heterocycles. The number of pyridine rings is 1. The Morgan fingerprint density at radius 3 is 2.21 bits per heavy atom. The molecule has 1 nitrogen and oxygen atoms in total. The quantitative estimate of drug-likeness (QED) is 0.587. The summed E-state index contributed by atoms with van der Waals surface area (Å²) >= 11 is 2.31. The van der Waals surface area contributed by atoms with Gasteiger partial charge in [0.15, 0.2) is 0 Å². The van der Waals surface area contributed by atoms with Gasteiger partial charge in [-0.15, -0.1) is 0 Å². The van der Waals surface area contributed by atoms with Gasteiger partial charge < -0.3 is 0 Å². The molecule has 0 aliphatic carbocycles. The second kappa shape index (κ2) is 5.53. The molecule has 0 aliphatic rings. The molecular weight excluding hydrogens is 345 g/mol. The van der Waals surface area contributed by atoms with E-state index in [1.807, 2.05) is 18.3 Å². The highest BCUT2D eigenvalue weighted by Gasteiger charge is 2.02. The highest BCUT2D eigenvalue weighted by Crippen LogP contribution is 2.25. The van der Waals surface area contributed by atoms with E-state index in [9.17, 15) is 0 Å². The normalized spacial score (nSPS) is 10.4. The zero-order chi connectivity index (χ0) is 13.1. The number of hydrogen-bond acceptors (Lipinski definition) is 1. The van der Waals surface area contributed by atoms with Gasteiger partial charge in [0.25, 0.3) is 0 Å². The standard InChI is InChI=1S/C17H12IN/c18-16-9-10-19-17(12-16)15-8-4-7-14(11-15)13-5-2-1-3-6-13/h1-12H. The first-order valence-corrected chi connectivity index (χ1v) is 7.18. The number of benzene rings is 2. The topological polar surface area (TPSA) is 12.9 Å². The van der Waals surface area contributed by atoms with Crippen molar-refractivity contribution in [3.63, 3.8) is 0 Å². The molecule has 0 amide bonds. The number of hydrogen-bond donors (Lipinski definition) is 0. The monoisotopic (exact) mass is 357 g/mol. The first kappa shape index (κ1) is 12.4. The van der Waals surface area contributed by atoms with E-state index in [1.165, 1.54) is 14.7 Å². The summed E-state index contributed by atoms with van der Waals surface area (Å²) in [6.07, 6.45) is 1.85. The molecule has 2 aromatic carbocycles. The maximum Gasteiger partial charge on any atom is 0.0712 e. The highest BCUT2D eigenvalue weighted by atomic mass is 127. The minimum atomic E-state index is 1.02. The van der Waals surface area contributed by atoms with Gasteiger partial charge >= 0.3 is 0 Å². The summed E-state index contributed by atoms with van der Waals surface area (Å²) in [5.74, 6) is 0. The minimum Gasteiger partial charge on any atom is -0.256 e. The van der Waals surface area contributed by atoms with Crippen molar-refractivity contribution < 1.29 is 0 Å². The predicted molar refractivity (Wildman–Crippen MR) is 87.8 cm³/mol. The Balaban J connectivity index is 2.06. The van der Waals surface area contributed by atoms with Crippen molar-refractivity contribution in [3.8, 4) is 22.4 Å². The highest BCUT2D eigenvalue weighted by molar-refractivity contribution is 14.1. The molecule has 2 heteroatoms. The summed E-state index contributed by atoms with van der Waals surface area (Å²) in [6, 6.07) is 23.0. The zero-order valence-electron chi connectivity index (χ0n) is 10.3. The number of rotatable bonds is 2. The number of aromatic nitrogens is 1. The third kappa shape index (κ3) is 2.84.